The highest BCUT2D eigenvalue weighted by atomic mass is 16.6. The standard InChI is InChI=1S/C15H17NO4/c1-3-8-16-14(17)10(2)19-15(18)13-9-11-6-4-5-7-12(11)20-13/h4-7,9-10H,3,8H2,1-2H3,(H,16,17)/t10-/m0/s1. The van der Waals surface area contributed by atoms with Gasteiger partial charge in [-0.2, -0.15) is 0 Å². The minimum absolute atomic E-state index is 0.0985. The molecule has 0 bridgehead atoms. The molecule has 0 saturated heterocycles. The summed E-state index contributed by atoms with van der Waals surface area (Å²) in [6.07, 6.45) is -0.0158. The van der Waals surface area contributed by atoms with Crippen LogP contribution in [-0.4, -0.2) is 24.5 Å². The van der Waals surface area contributed by atoms with Crippen LogP contribution in [0, 0.1) is 0 Å². The van der Waals surface area contributed by atoms with Crippen molar-refractivity contribution >= 4 is 22.8 Å². The monoisotopic (exact) mass is 275 g/mol. The van der Waals surface area contributed by atoms with Gasteiger partial charge in [0.1, 0.15) is 5.58 Å². The second-order valence-electron chi connectivity index (χ2n) is 4.49. The van der Waals surface area contributed by atoms with Crippen LogP contribution < -0.4 is 5.32 Å². The van der Waals surface area contributed by atoms with E-state index in [9.17, 15) is 9.59 Å². The molecule has 1 aromatic carbocycles. The summed E-state index contributed by atoms with van der Waals surface area (Å²) < 4.78 is 10.5. The lowest BCUT2D eigenvalue weighted by molar-refractivity contribution is -0.129. The molecule has 2 rings (SSSR count). The lowest BCUT2D eigenvalue weighted by Crippen LogP contribution is -2.36. The SMILES string of the molecule is CCCNC(=O)[C@H](C)OC(=O)c1cc2ccccc2o1. The Morgan fingerprint density at radius 1 is 1.35 bits per heavy atom. The summed E-state index contributed by atoms with van der Waals surface area (Å²) in [6.45, 7) is 4.04. The molecule has 1 heterocycles. The molecule has 0 aliphatic carbocycles. The predicted octanol–water partition coefficient (Wildman–Crippen LogP) is 2.50. The molecule has 1 N–H and O–H groups in total. The minimum Gasteiger partial charge on any atom is -0.449 e. The first kappa shape index (κ1) is 14.1. The number of fused-ring (bicyclic) bond motifs is 1. The average molecular weight is 275 g/mol. The number of hydrogen-bond donors (Lipinski definition) is 1. The van der Waals surface area contributed by atoms with E-state index >= 15 is 0 Å². The molecule has 0 aliphatic rings. The lowest BCUT2D eigenvalue weighted by Gasteiger charge is -2.11. The largest absolute Gasteiger partial charge is 0.449 e. The van der Waals surface area contributed by atoms with Crippen molar-refractivity contribution < 1.29 is 18.7 Å². The maximum Gasteiger partial charge on any atom is 0.375 e. The Bertz CT molecular complexity index is 584. The van der Waals surface area contributed by atoms with Crippen molar-refractivity contribution in [3.8, 4) is 0 Å². The van der Waals surface area contributed by atoms with Gasteiger partial charge in [0, 0.05) is 11.9 Å². The fraction of sp³-hybridized carbons (Fsp3) is 0.333. The van der Waals surface area contributed by atoms with E-state index in [0.717, 1.165) is 11.8 Å². The highest BCUT2D eigenvalue weighted by Crippen LogP contribution is 2.19. The van der Waals surface area contributed by atoms with Gasteiger partial charge in [0.2, 0.25) is 5.76 Å². The Labute approximate surface area is 116 Å². The summed E-state index contributed by atoms with van der Waals surface area (Å²) in [6, 6.07) is 8.89. The van der Waals surface area contributed by atoms with Crippen LogP contribution in [0.25, 0.3) is 11.0 Å². The van der Waals surface area contributed by atoms with Crippen molar-refractivity contribution in [2.24, 2.45) is 0 Å². The molecule has 1 atom stereocenters. The van der Waals surface area contributed by atoms with Crippen molar-refractivity contribution in [3.63, 3.8) is 0 Å². The van der Waals surface area contributed by atoms with E-state index in [2.05, 4.69) is 5.32 Å². The van der Waals surface area contributed by atoms with Gasteiger partial charge >= 0.3 is 5.97 Å². The van der Waals surface area contributed by atoms with Crippen LogP contribution in [0.15, 0.2) is 34.7 Å². The summed E-state index contributed by atoms with van der Waals surface area (Å²) in [7, 11) is 0. The number of esters is 1. The Balaban J connectivity index is 2.02. The molecule has 0 unspecified atom stereocenters. The zero-order valence-electron chi connectivity index (χ0n) is 11.5. The number of carbonyl (C=O) groups is 2. The normalized spacial score (nSPS) is 12.1. The van der Waals surface area contributed by atoms with Crippen LogP contribution in [0.4, 0.5) is 0 Å². The number of nitrogens with one attached hydrogen (secondary N) is 1. The number of rotatable bonds is 5. The molecule has 0 saturated carbocycles. The molecule has 1 aromatic heterocycles. The van der Waals surface area contributed by atoms with Gasteiger partial charge in [-0.15, -0.1) is 0 Å². The van der Waals surface area contributed by atoms with Gasteiger partial charge in [-0.25, -0.2) is 4.79 Å². The molecule has 0 spiro atoms. The van der Waals surface area contributed by atoms with Gasteiger partial charge in [0.15, 0.2) is 6.10 Å². The Hall–Kier alpha value is -2.30. The number of ether oxygens (including phenoxy) is 1. The third kappa shape index (κ3) is 3.17. The first-order valence-corrected chi connectivity index (χ1v) is 6.59. The molecule has 0 radical (unpaired) electrons. The molecule has 106 valence electrons. The van der Waals surface area contributed by atoms with E-state index < -0.39 is 12.1 Å². The maximum absolute atomic E-state index is 11.9. The summed E-state index contributed by atoms with van der Waals surface area (Å²) in [5.41, 5.74) is 0.613. The number of hydrogen-bond acceptors (Lipinski definition) is 4. The smallest absolute Gasteiger partial charge is 0.375 e. The molecule has 5 nitrogen and oxygen atoms in total. The third-order valence-corrected chi connectivity index (χ3v) is 2.83. The average Bonchev–Trinajstić information content (AvgIpc) is 2.88. The van der Waals surface area contributed by atoms with Gasteiger partial charge in [-0.3, -0.25) is 4.79 Å². The van der Waals surface area contributed by atoms with Crippen molar-refractivity contribution in [1.82, 2.24) is 5.32 Å². The molecule has 2 aromatic rings. The molecule has 5 heteroatoms. The highest BCUT2D eigenvalue weighted by Gasteiger charge is 2.21. The first-order valence-electron chi connectivity index (χ1n) is 6.59. The van der Waals surface area contributed by atoms with E-state index in [-0.39, 0.29) is 11.7 Å². The van der Waals surface area contributed by atoms with Crippen LogP contribution in [-0.2, 0) is 9.53 Å². The number of benzene rings is 1. The Kier molecular flexibility index (Phi) is 4.40. The van der Waals surface area contributed by atoms with E-state index in [0.29, 0.717) is 12.1 Å². The minimum atomic E-state index is -0.845. The summed E-state index contributed by atoms with van der Waals surface area (Å²) in [5, 5.41) is 3.49. The molecular formula is C15H17NO4. The van der Waals surface area contributed by atoms with Gasteiger partial charge in [-0.1, -0.05) is 25.1 Å². The van der Waals surface area contributed by atoms with Crippen molar-refractivity contribution in [2.75, 3.05) is 6.54 Å². The number of carbonyl (C=O) groups excluding carboxylic acids is 2. The predicted molar refractivity (Wildman–Crippen MR) is 74.4 cm³/mol. The molecule has 1 amide bonds. The van der Waals surface area contributed by atoms with Gasteiger partial charge in [0.25, 0.3) is 5.91 Å². The zero-order chi connectivity index (χ0) is 14.5. The quantitative estimate of drug-likeness (QED) is 0.851. The van der Waals surface area contributed by atoms with E-state index in [4.69, 9.17) is 9.15 Å². The number of amides is 1. The molecule has 0 aliphatic heterocycles. The number of para-hydroxylation sites is 1. The Morgan fingerprint density at radius 3 is 2.80 bits per heavy atom. The van der Waals surface area contributed by atoms with Crippen LogP contribution in [0.5, 0.6) is 0 Å². The summed E-state index contributed by atoms with van der Waals surface area (Å²) in [4.78, 5) is 23.5. The Morgan fingerprint density at radius 2 is 2.10 bits per heavy atom. The van der Waals surface area contributed by atoms with E-state index in [1.54, 1.807) is 12.1 Å². The van der Waals surface area contributed by atoms with Crippen LogP contribution in [0.3, 0.4) is 0 Å². The summed E-state index contributed by atoms with van der Waals surface area (Å²) >= 11 is 0. The first-order chi connectivity index (χ1) is 9.61. The van der Waals surface area contributed by atoms with Crippen molar-refractivity contribution in [2.45, 2.75) is 26.4 Å². The molecule has 20 heavy (non-hydrogen) atoms. The van der Waals surface area contributed by atoms with Crippen molar-refractivity contribution in [1.29, 1.82) is 0 Å². The highest BCUT2D eigenvalue weighted by molar-refractivity contribution is 5.94. The molecule has 0 fully saturated rings. The molecular weight excluding hydrogens is 258 g/mol. The van der Waals surface area contributed by atoms with Gasteiger partial charge < -0.3 is 14.5 Å². The fourth-order valence-corrected chi connectivity index (χ4v) is 1.75. The van der Waals surface area contributed by atoms with Crippen LogP contribution in [0.2, 0.25) is 0 Å². The summed E-state index contributed by atoms with van der Waals surface area (Å²) in [5.74, 6) is -0.849. The van der Waals surface area contributed by atoms with Crippen molar-refractivity contribution in [3.05, 3.63) is 36.1 Å². The lowest BCUT2D eigenvalue weighted by atomic mass is 10.2. The second kappa shape index (κ2) is 6.23. The van der Waals surface area contributed by atoms with Crippen LogP contribution >= 0.6 is 0 Å². The zero-order valence-corrected chi connectivity index (χ0v) is 11.5. The maximum atomic E-state index is 11.9. The third-order valence-electron chi connectivity index (χ3n) is 2.83. The van der Waals surface area contributed by atoms with E-state index in [1.807, 2.05) is 25.1 Å². The van der Waals surface area contributed by atoms with Gasteiger partial charge in [-0.05, 0) is 25.5 Å². The second-order valence-corrected chi connectivity index (χ2v) is 4.49. The topological polar surface area (TPSA) is 68.5 Å². The van der Waals surface area contributed by atoms with E-state index in [1.165, 1.54) is 6.92 Å². The number of furan rings is 1. The van der Waals surface area contributed by atoms with Gasteiger partial charge in [0.05, 0.1) is 0 Å². The fourth-order valence-electron chi connectivity index (χ4n) is 1.75. The van der Waals surface area contributed by atoms with Crippen LogP contribution in [0.1, 0.15) is 30.8 Å².